The van der Waals surface area contributed by atoms with Crippen LogP contribution in [0.4, 0.5) is 10.6 Å². The van der Waals surface area contributed by atoms with Crippen LogP contribution < -0.4 is 4.90 Å². The molecule has 29 heavy (non-hydrogen) atoms. The summed E-state index contributed by atoms with van der Waals surface area (Å²) in [6, 6.07) is 10.3. The van der Waals surface area contributed by atoms with Crippen LogP contribution in [0.15, 0.2) is 47.6 Å². The zero-order valence-electron chi connectivity index (χ0n) is 17.0. The Morgan fingerprint density at radius 1 is 1.14 bits per heavy atom. The van der Waals surface area contributed by atoms with Crippen molar-refractivity contribution in [3.05, 3.63) is 42.7 Å². The highest BCUT2D eigenvalue weighted by Gasteiger charge is 2.27. The summed E-state index contributed by atoms with van der Waals surface area (Å²) in [5.41, 5.74) is 2.74. The molecule has 152 valence electrons. The zero-order chi connectivity index (χ0) is 20.6. The van der Waals surface area contributed by atoms with Crippen LogP contribution in [0.2, 0.25) is 0 Å². The minimum Gasteiger partial charge on any atom is -0.444 e. The number of ether oxygens (including phenoxy) is 1. The highest BCUT2D eigenvalue weighted by molar-refractivity contribution is 7.80. The van der Waals surface area contributed by atoms with Gasteiger partial charge in [0.2, 0.25) is 0 Å². The minimum atomic E-state index is -0.484. The monoisotopic (exact) mass is 410 g/mol. The predicted molar refractivity (Wildman–Crippen MR) is 119 cm³/mol. The van der Waals surface area contributed by atoms with Crippen molar-refractivity contribution >= 4 is 35.4 Å². The number of pyridine rings is 1. The fourth-order valence-electron chi connectivity index (χ4n) is 3.63. The van der Waals surface area contributed by atoms with E-state index in [0.29, 0.717) is 26.2 Å². The Hall–Kier alpha value is -2.67. The Morgan fingerprint density at radius 2 is 1.83 bits per heavy atom. The molecule has 0 unspecified atom stereocenters. The van der Waals surface area contributed by atoms with Gasteiger partial charge in [-0.1, -0.05) is 30.3 Å². The van der Waals surface area contributed by atoms with Crippen LogP contribution >= 0.6 is 12.6 Å². The van der Waals surface area contributed by atoms with Crippen LogP contribution in [0.1, 0.15) is 20.8 Å². The molecular weight excluding hydrogens is 384 g/mol. The van der Waals surface area contributed by atoms with Gasteiger partial charge in [-0.05, 0) is 26.3 Å². The Balaban J connectivity index is 1.58. The smallest absolute Gasteiger partial charge is 0.410 e. The Morgan fingerprint density at radius 3 is 2.48 bits per heavy atom. The molecule has 3 heterocycles. The first-order valence-corrected chi connectivity index (χ1v) is 10.3. The van der Waals surface area contributed by atoms with Crippen molar-refractivity contribution < 1.29 is 9.53 Å². The van der Waals surface area contributed by atoms with Crippen molar-refractivity contribution in [3.63, 3.8) is 0 Å². The number of thiol groups is 1. The number of H-pyrrole nitrogens is 1. The summed E-state index contributed by atoms with van der Waals surface area (Å²) in [6.07, 6.45) is 3.57. The highest BCUT2D eigenvalue weighted by Crippen LogP contribution is 2.36. The van der Waals surface area contributed by atoms with Crippen LogP contribution in [0.25, 0.3) is 22.0 Å². The molecule has 0 bridgehead atoms. The van der Waals surface area contributed by atoms with E-state index in [9.17, 15) is 4.79 Å². The second kappa shape index (κ2) is 7.63. The summed E-state index contributed by atoms with van der Waals surface area (Å²) in [7, 11) is 0. The quantitative estimate of drug-likeness (QED) is 0.607. The summed E-state index contributed by atoms with van der Waals surface area (Å²) >= 11 is 4.66. The maximum Gasteiger partial charge on any atom is 0.410 e. The third-order valence-corrected chi connectivity index (χ3v) is 5.32. The van der Waals surface area contributed by atoms with Crippen LogP contribution in [-0.4, -0.2) is 52.7 Å². The van der Waals surface area contributed by atoms with Crippen molar-refractivity contribution in [2.45, 2.75) is 31.3 Å². The largest absolute Gasteiger partial charge is 0.444 e. The van der Waals surface area contributed by atoms with Gasteiger partial charge in [0.1, 0.15) is 5.60 Å². The summed E-state index contributed by atoms with van der Waals surface area (Å²) in [5, 5.41) is 1.07. The van der Waals surface area contributed by atoms with Gasteiger partial charge in [-0.15, -0.1) is 12.6 Å². The van der Waals surface area contributed by atoms with Crippen molar-refractivity contribution in [2.75, 3.05) is 31.1 Å². The topological polar surface area (TPSA) is 61.5 Å². The molecule has 2 aromatic heterocycles. The van der Waals surface area contributed by atoms with Crippen LogP contribution in [-0.2, 0) is 4.74 Å². The lowest BCUT2D eigenvalue weighted by molar-refractivity contribution is 0.0240. The van der Waals surface area contributed by atoms with Gasteiger partial charge in [0.15, 0.2) is 5.82 Å². The van der Waals surface area contributed by atoms with Gasteiger partial charge < -0.3 is 19.5 Å². The first kappa shape index (κ1) is 19.6. The number of nitrogens with zero attached hydrogens (tertiary/aromatic N) is 3. The maximum atomic E-state index is 12.3. The van der Waals surface area contributed by atoms with Gasteiger partial charge in [0.05, 0.1) is 5.52 Å². The summed E-state index contributed by atoms with van der Waals surface area (Å²) in [6.45, 7) is 8.27. The number of piperazine rings is 1. The van der Waals surface area contributed by atoms with Gasteiger partial charge >= 0.3 is 6.09 Å². The number of hydrogen-bond acceptors (Lipinski definition) is 5. The van der Waals surface area contributed by atoms with Gasteiger partial charge in [-0.2, -0.15) is 0 Å². The van der Waals surface area contributed by atoms with Gasteiger partial charge in [-0.3, -0.25) is 0 Å². The van der Waals surface area contributed by atoms with Crippen molar-refractivity contribution in [2.24, 2.45) is 0 Å². The van der Waals surface area contributed by atoms with E-state index in [0.717, 1.165) is 32.7 Å². The van der Waals surface area contributed by atoms with Gasteiger partial charge in [0.25, 0.3) is 0 Å². The fraction of sp³-hybridized carbons (Fsp3) is 0.364. The first-order valence-electron chi connectivity index (χ1n) is 9.81. The van der Waals surface area contributed by atoms with E-state index in [1.54, 1.807) is 11.1 Å². The molecular formula is C22H26N4O2S. The second-order valence-electron chi connectivity index (χ2n) is 8.24. The number of fused-ring (bicyclic) bond motifs is 1. The zero-order valence-corrected chi connectivity index (χ0v) is 17.9. The molecule has 0 aliphatic carbocycles. The number of aromatic nitrogens is 2. The van der Waals surface area contributed by atoms with E-state index in [1.165, 1.54) is 0 Å². The number of amides is 1. The molecule has 6 nitrogen and oxygen atoms in total. The van der Waals surface area contributed by atoms with Gasteiger partial charge in [-0.25, -0.2) is 9.78 Å². The van der Waals surface area contributed by atoms with Gasteiger partial charge in [0, 0.05) is 54.4 Å². The third kappa shape index (κ3) is 4.05. The molecule has 1 amide bonds. The predicted octanol–water partition coefficient (Wildman–Crippen LogP) is 4.58. The molecule has 1 fully saturated rings. The number of benzene rings is 1. The number of nitrogens with one attached hydrogen (secondary N) is 1. The van der Waals surface area contributed by atoms with Crippen molar-refractivity contribution in [1.29, 1.82) is 0 Å². The van der Waals surface area contributed by atoms with E-state index < -0.39 is 5.60 Å². The lowest BCUT2D eigenvalue weighted by Gasteiger charge is -2.36. The first-order chi connectivity index (χ1) is 13.8. The summed E-state index contributed by atoms with van der Waals surface area (Å²) < 4.78 is 5.49. The van der Waals surface area contributed by atoms with E-state index in [4.69, 9.17) is 4.74 Å². The molecule has 0 atom stereocenters. The molecule has 3 aromatic rings. The molecule has 1 aromatic carbocycles. The Labute approximate surface area is 176 Å². The standard InChI is InChI=1S/C22H26N4O2S/c1-22(2,3)28-21(27)26-11-9-25(10-12-26)20-19-18(17(29)14-24-20)16(13-23-19)15-7-5-4-6-8-15/h4-8,13-14,23,29H,9-12H2,1-3H3. The molecule has 7 heteroatoms. The van der Waals surface area contributed by atoms with Crippen molar-refractivity contribution in [3.8, 4) is 11.1 Å². The molecule has 1 aliphatic rings. The van der Waals surface area contributed by atoms with Crippen LogP contribution in [0, 0.1) is 0 Å². The van der Waals surface area contributed by atoms with Crippen LogP contribution in [0.3, 0.4) is 0 Å². The molecule has 1 saturated heterocycles. The average Bonchev–Trinajstić information content (AvgIpc) is 3.14. The number of anilines is 1. The van der Waals surface area contributed by atoms with E-state index in [-0.39, 0.29) is 6.09 Å². The maximum absolute atomic E-state index is 12.3. The fourth-order valence-corrected chi connectivity index (χ4v) is 3.92. The number of aromatic amines is 1. The molecule has 4 rings (SSSR count). The molecule has 0 saturated carbocycles. The number of carbonyl (C=O) groups is 1. The van der Waals surface area contributed by atoms with E-state index >= 15 is 0 Å². The lowest BCUT2D eigenvalue weighted by atomic mass is 10.1. The average molecular weight is 411 g/mol. The highest BCUT2D eigenvalue weighted by atomic mass is 32.1. The van der Waals surface area contributed by atoms with Crippen molar-refractivity contribution in [1.82, 2.24) is 14.9 Å². The molecule has 1 aliphatic heterocycles. The number of carbonyl (C=O) groups excluding carboxylic acids is 1. The Kier molecular flexibility index (Phi) is 5.17. The second-order valence-corrected chi connectivity index (χ2v) is 8.72. The van der Waals surface area contributed by atoms with E-state index in [1.807, 2.05) is 45.2 Å². The normalized spacial score (nSPS) is 15.0. The van der Waals surface area contributed by atoms with Crippen LogP contribution in [0.5, 0.6) is 0 Å². The summed E-state index contributed by atoms with van der Waals surface area (Å²) in [5.74, 6) is 0.892. The Bertz CT molecular complexity index is 1020. The van der Waals surface area contributed by atoms with E-state index in [2.05, 4.69) is 39.6 Å². The molecule has 1 N–H and O–H groups in total. The third-order valence-electron chi connectivity index (χ3n) is 4.98. The SMILES string of the molecule is CC(C)(C)OC(=O)N1CCN(c2ncc(S)c3c(-c4ccccc4)c[nH]c23)CC1. The lowest BCUT2D eigenvalue weighted by Crippen LogP contribution is -2.50. The molecule has 0 spiro atoms. The minimum absolute atomic E-state index is 0.257. The molecule has 0 radical (unpaired) electrons. The summed E-state index contributed by atoms with van der Waals surface area (Å²) in [4.78, 5) is 25.2. The number of rotatable bonds is 2. The number of hydrogen-bond donors (Lipinski definition) is 2.